The molecule has 0 aliphatic heterocycles. The summed E-state index contributed by atoms with van der Waals surface area (Å²) in [7, 11) is 1.66. The standard InChI is InChI=1S/C15H16N4O3S/c1-3-12(23-14-15(21)22-18-19(14)2)13(20)17-10-4-5-11-9(8-10)6-7-16-11/h4-8,12,18,21H,3H2,1-2H3/p+1. The molecule has 0 aliphatic rings. The van der Waals surface area contributed by atoms with Gasteiger partial charge in [-0.15, -0.1) is 0 Å². The van der Waals surface area contributed by atoms with Gasteiger partial charge in [0.05, 0.1) is 5.25 Å². The molecule has 120 valence electrons. The Morgan fingerprint density at radius 2 is 2.26 bits per heavy atom. The van der Waals surface area contributed by atoms with E-state index < -0.39 is 5.63 Å². The topological polar surface area (TPSA) is 94.8 Å². The summed E-state index contributed by atoms with van der Waals surface area (Å²) in [5, 5.41) is 6.36. The predicted octanol–water partition coefficient (Wildman–Crippen LogP) is 1.78. The number of aromatic amines is 2. The van der Waals surface area contributed by atoms with Crippen molar-refractivity contribution in [3.63, 3.8) is 0 Å². The average Bonchev–Trinajstić information content (AvgIpc) is 3.12. The van der Waals surface area contributed by atoms with Crippen LogP contribution in [0.25, 0.3) is 10.9 Å². The summed E-state index contributed by atoms with van der Waals surface area (Å²) in [4.78, 5) is 27.2. The molecule has 0 bridgehead atoms. The first kappa shape index (κ1) is 15.4. The minimum atomic E-state index is -0.475. The first-order chi connectivity index (χ1) is 11.1. The maximum Gasteiger partial charge on any atom is 0.441 e. The first-order valence-electron chi connectivity index (χ1n) is 7.20. The van der Waals surface area contributed by atoms with E-state index in [1.54, 1.807) is 7.05 Å². The van der Waals surface area contributed by atoms with Crippen LogP contribution in [-0.4, -0.2) is 21.4 Å². The highest BCUT2D eigenvalue weighted by atomic mass is 32.2. The van der Waals surface area contributed by atoms with E-state index in [0.29, 0.717) is 11.4 Å². The quantitative estimate of drug-likeness (QED) is 0.490. The van der Waals surface area contributed by atoms with Gasteiger partial charge in [-0.3, -0.25) is 9.32 Å². The van der Waals surface area contributed by atoms with Crippen molar-refractivity contribution in [2.24, 2.45) is 7.05 Å². The molecule has 0 radical (unpaired) electrons. The van der Waals surface area contributed by atoms with Gasteiger partial charge in [0.1, 0.15) is 0 Å². The van der Waals surface area contributed by atoms with Crippen molar-refractivity contribution in [2.45, 2.75) is 23.6 Å². The van der Waals surface area contributed by atoms with Crippen LogP contribution in [0.4, 0.5) is 5.69 Å². The Hall–Kier alpha value is -2.48. The molecule has 0 aliphatic carbocycles. The lowest BCUT2D eigenvalue weighted by atomic mass is 10.2. The molecule has 0 spiro atoms. The molecule has 0 saturated heterocycles. The van der Waals surface area contributed by atoms with E-state index in [0.717, 1.165) is 16.6 Å². The second kappa shape index (κ2) is 6.33. The number of carbonyl (C=O) groups excluding carboxylic acids is 1. The highest BCUT2D eigenvalue weighted by molar-refractivity contribution is 8.00. The highest BCUT2D eigenvalue weighted by Gasteiger charge is 2.27. The fourth-order valence-corrected chi connectivity index (χ4v) is 3.21. The lowest BCUT2D eigenvalue weighted by Gasteiger charge is -2.12. The number of hydrogen-bond acceptors (Lipinski definition) is 4. The highest BCUT2D eigenvalue weighted by Crippen LogP contribution is 2.23. The molecule has 2 heterocycles. The van der Waals surface area contributed by atoms with Crippen LogP contribution in [0.15, 0.2) is 44.8 Å². The van der Waals surface area contributed by atoms with Crippen molar-refractivity contribution in [1.29, 1.82) is 0 Å². The Balaban J connectivity index is 1.75. The van der Waals surface area contributed by atoms with Crippen molar-refractivity contribution in [2.75, 3.05) is 5.32 Å². The number of H-pyrrole nitrogens is 2. The summed E-state index contributed by atoms with van der Waals surface area (Å²) >= 11 is 1.19. The zero-order valence-corrected chi connectivity index (χ0v) is 13.6. The van der Waals surface area contributed by atoms with E-state index in [-0.39, 0.29) is 11.2 Å². The Morgan fingerprint density at radius 1 is 1.43 bits per heavy atom. The van der Waals surface area contributed by atoms with Crippen LogP contribution >= 0.6 is 11.8 Å². The van der Waals surface area contributed by atoms with Gasteiger partial charge >= 0.3 is 10.7 Å². The van der Waals surface area contributed by atoms with Crippen molar-refractivity contribution < 1.29 is 14.0 Å². The molecule has 23 heavy (non-hydrogen) atoms. The average molecular weight is 333 g/mol. The van der Waals surface area contributed by atoms with E-state index in [1.165, 1.54) is 16.4 Å². The number of fused-ring (bicyclic) bond motifs is 1. The molecule has 3 rings (SSSR count). The molecule has 3 N–H and O–H groups in total. The van der Waals surface area contributed by atoms with Gasteiger partial charge in [-0.25, -0.2) is 4.79 Å². The molecule has 1 unspecified atom stereocenters. The predicted molar refractivity (Wildman–Crippen MR) is 87.4 cm³/mol. The van der Waals surface area contributed by atoms with Crippen LogP contribution < -0.4 is 15.6 Å². The number of anilines is 1. The maximum absolute atomic E-state index is 12.5. The summed E-state index contributed by atoms with van der Waals surface area (Å²) in [5.74, 6) is -0.145. The summed E-state index contributed by atoms with van der Waals surface area (Å²) < 4.78 is 6.17. The number of benzene rings is 1. The maximum atomic E-state index is 12.5. The molecule has 3 aromatic rings. The number of nitrogens with zero attached hydrogens (tertiary/aromatic N) is 1. The van der Waals surface area contributed by atoms with Gasteiger partial charge in [-0.05, 0) is 47.7 Å². The molecule has 0 fully saturated rings. The summed E-state index contributed by atoms with van der Waals surface area (Å²) in [6.07, 6.45) is 2.44. The van der Waals surface area contributed by atoms with E-state index in [2.05, 4.69) is 15.6 Å². The Kier molecular flexibility index (Phi) is 4.24. The van der Waals surface area contributed by atoms with Gasteiger partial charge in [0.25, 0.3) is 0 Å². The van der Waals surface area contributed by atoms with Gasteiger partial charge in [0.2, 0.25) is 5.91 Å². The minimum Gasteiger partial charge on any atom is -0.361 e. The molecule has 2 aromatic heterocycles. The van der Waals surface area contributed by atoms with E-state index in [1.807, 2.05) is 37.4 Å². The van der Waals surface area contributed by atoms with Gasteiger partial charge < -0.3 is 10.3 Å². The Labute approximate surface area is 136 Å². The number of rotatable bonds is 5. The molecular formula is C15H17N4O3S+. The number of nitrogens with one attached hydrogen (secondary N) is 3. The van der Waals surface area contributed by atoms with Crippen LogP contribution in [0.5, 0.6) is 0 Å². The number of amides is 1. The summed E-state index contributed by atoms with van der Waals surface area (Å²) in [6.45, 7) is 1.90. The van der Waals surface area contributed by atoms with Crippen LogP contribution in [0.1, 0.15) is 13.3 Å². The van der Waals surface area contributed by atoms with Crippen LogP contribution in [0, 0.1) is 0 Å². The third-order valence-corrected chi connectivity index (χ3v) is 4.99. The van der Waals surface area contributed by atoms with Crippen LogP contribution in [0.3, 0.4) is 0 Å². The molecule has 1 atom stereocenters. The molecule has 1 amide bonds. The fourth-order valence-electron chi connectivity index (χ4n) is 2.27. The van der Waals surface area contributed by atoms with E-state index in [9.17, 15) is 9.59 Å². The number of hydrogen-bond donors (Lipinski definition) is 3. The van der Waals surface area contributed by atoms with Crippen LogP contribution in [-0.2, 0) is 11.8 Å². The third-order valence-electron chi connectivity index (χ3n) is 3.49. The zero-order valence-electron chi connectivity index (χ0n) is 12.8. The van der Waals surface area contributed by atoms with Crippen molar-refractivity contribution >= 4 is 34.3 Å². The largest absolute Gasteiger partial charge is 0.441 e. The number of carbonyl (C=O) groups is 1. The molecule has 7 nitrogen and oxygen atoms in total. The van der Waals surface area contributed by atoms with Gasteiger partial charge in [-0.1, -0.05) is 11.6 Å². The smallest absolute Gasteiger partial charge is 0.361 e. The second-order valence-corrected chi connectivity index (χ2v) is 6.32. The third kappa shape index (κ3) is 3.16. The fraction of sp³-hybridized carbons (Fsp3) is 0.267. The van der Waals surface area contributed by atoms with Gasteiger partial charge in [0.15, 0.2) is 7.05 Å². The van der Waals surface area contributed by atoms with E-state index in [4.69, 9.17) is 4.52 Å². The lowest BCUT2D eigenvalue weighted by Crippen LogP contribution is -2.35. The molecular weight excluding hydrogens is 316 g/mol. The second-order valence-electron chi connectivity index (χ2n) is 5.13. The molecule has 1 aromatic carbocycles. The van der Waals surface area contributed by atoms with Crippen LogP contribution in [0.2, 0.25) is 0 Å². The zero-order chi connectivity index (χ0) is 16.4. The van der Waals surface area contributed by atoms with Gasteiger partial charge in [0, 0.05) is 22.8 Å². The molecule has 8 heteroatoms. The van der Waals surface area contributed by atoms with Gasteiger partial charge in [-0.2, -0.15) is 0 Å². The van der Waals surface area contributed by atoms with Crippen molar-refractivity contribution in [3.8, 4) is 0 Å². The van der Waals surface area contributed by atoms with E-state index >= 15 is 0 Å². The number of aryl methyl sites for hydroxylation is 1. The first-order valence-corrected chi connectivity index (χ1v) is 8.08. The summed E-state index contributed by atoms with van der Waals surface area (Å²) in [5.41, 5.74) is 1.27. The van der Waals surface area contributed by atoms with Crippen molar-refractivity contribution in [3.05, 3.63) is 40.9 Å². The SMILES string of the molecule is CCC(Sc1c(=O)o[nH][n+]1C)C(=O)Nc1ccc2[nH]ccc2c1. The Morgan fingerprint density at radius 3 is 2.96 bits per heavy atom. The monoisotopic (exact) mass is 333 g/mol. The van der Waals surface area contributed by atoms with Crippen molar-refractivity contribution in [1.82, 2.24) is 10.3 Å². The minimum absolute atomic E-state index is 0.145. The number of thioether (sulfide) groups is 1. The molecule has 0 saturated carbocycles. The number of aromatic nitrogens is 3. The summed E-state index contributed by atoms with van der Waals surface area (Å²) in [6, 6.07) is 7.62. The normalized spacial score (nSPS) is 12.4. The Bertz CT molecular complexity index is 895. The lowest BCUT2D eigenvalue weighted by molar-refractivity contribution is -0.772.